The Kier molecular flexibility index (Phi) is 14.4. The van der Waals surface area contributed by atoms with Gasteiger partial charge in [-0.1, -0.05) is 32.9 Å². The molecule has 1 saturated heterocycles. The molecular weight excluding hydrogens is 725 g/mol. The maximum Gasteiger partial charge on any atom is 0.317 e. The van der Waals surface area contributed by atoms with Crippen LogP contribution in [0.5, 0.6) is 0 Å². The number of hydrogen-bond acceptors (Lipinski definition) is 10. The molecule has 0 spiro atoms. The molecule has 0 bridgehead atoms. The number of benzene rings is 1. The molecule has 0 radical (unpaired) electrons. The predicted octanol–water partition coefficient (Wildman–Crippen LogP) is 3.19. The minimum Gasteiger partial charge on any atom is -0.480 e. The fourth-order valence-electron chi connectivity index (χ4n) is 12.5. The maximum absolute atomic E-state index is 13.3. The van der Waals surface area contributed by atoms with Crippen molar-refractivity contribution in [3.05, 3.63) is 29.8 Å². The van der Waals surface area contributed by atoms with Gasteiger partial charge in [0.25, 0.3) is 0 Å². The highest BCUT2D eigenvalue weighted by Gasteiger charge is 2.65. The molecule has 12 atom stereocenters. The molecule has 1 heterocycles. The molecule has 1 aromatic rings. The highest BCUT2D eigenvalue weighted by atomic mass is 16.4. The van der Waals surface area contributed by atoms with Crippen molar-refractivity contribution in [2.24, 2.45) is 52.1 Å². The third kappa shape index (κ3) is 10.2. The zero-order valence-corrected chi connectivity index (χ0v) is 35.0. The lowest BCUT2D eigenvalue weighted by molar-refractivity contribution is -0.202. The summed E-state index contributed by atoms with van der Waals surface area (Å²) in [7, 11) is 2.04. The first kappa shape index (κ1) is 43.9. The fraction of sp³-hybridized carbons (Fsp3) is 0.795. The minimum atomic E-state index is -0.921. The Morgan fingerprint density at radius 1 is 0.895 bits per heavy atom. The lowest BCUT2D eigenvalue weighted by atomic mass is 9.43. The largest absolute Gasteiger partial charge is 0.480 e. The molecule has 4 saturated carbocycles. The topological polar surface area (TPSA) is 192 Å². The van der Waals surface area contributed by atoms with E-state index in [0.717, 1.165) is 82.3 Å². The number of anilines is 1. The number of aliphatic carboxylic acids is 2. The number of carbonyl (C=O) groups excluding carboxylic acids is 1. The van der Waals surface area contributed by atoms with Gasteiger partial charge in [-0.25, -0.2) is 0 Å². The number of carboxylic acid groups (broad SMARTS) is 2. The normalized spacial score (nSPS) is 36.4. The smallest absolute Gasteiger partial charge is 0.317 e. The zero-order chi connectivity index (χ0) is 41.1. The van der Waals surface area contributed by atoms with Crippen molar-refractivity contribution < 1.29 is 34.8 Å². The molecule has 4 aliphatic carbocycles. The highest BCUT2D eigenvalue weighted by Crippen LogP contribution is 2.68. The number of hydrogen-bond donors (Lipinski definition) is 7. The number of nitrogens with zero attached hydrogens (tertiary/aromatic N) is 3. The van der Waals surface area contributed by atoms with Crippen LogP contribution in [0.1, 0.15) is 84.1 Å². The van der Waals surface area contributed by atoms with Gasteiger partial charge in [-0.3, -0.25) is 24.2 Å². The number of aliphatic hydroxyl groups is 2. The number of nitrogens with two attached hydrogens (primary N) is 1. The third-order valence-electron chi connectivity index (χ3n) is 15.8. The molecule has 1 amide bonds. The number of fused-ring (bicyclic) bond motifs is 5. The van der Waals surface area contributed by atoms with E-state index in [4.69, 9.17) is 5.73 Å². The Hall–Kier alpha value is -2.65. The van der Waals surface area contributed by atoms with Crippen molar-refractivity contribution in [2.45, 2.75) is 109 Å². The van der Waals surface area contributed by atoms with Gasteiger partial charge in [0, 0.05) is 70.0 Å². The van der Waals surface area contributed by atoms with E-state index in [2.05, 4.69) is 41.2 Å². The van der Waals surface area contributed by atoms with Crippen molar-refractivity contribution in [2.75, 3.05) is 71.3 Å². The average molecular weight is 797 g/mol. The van der Waals surface area contributed by atoms with Crippen LogP contribution in [-0.2, 0) is 20.8 Å². The third-order valence-corrected chi connectivity index (χ3v) is 15.8. The quantitative estimate of drug-likeness (QED) is 0.146. The van der Waals surface area contributed by atoms with E-state index in [1.165, 1.54) is 0 Å². The first-order chi connectivity index (χ1) is 27.1. The van der Waals surface area contributed by atoms with Crippen LogP contribution >= 0.6 is 0 Å². The van der Waals surface area contributed by atoms with Crippen molar-refractivity contribution in [1.29, 1.82) is 0 Å². The van der Waals surface area contributed by atoms with Crippen LogP contribution in [-0.4, -0.2) is 143 Å². The standard InChI is InChI=1S/C44H72N6O7/c1-28(34-10-11-35-42-36(24-38(52)44(34,35)3)43(2)14-13-31(45)22-30(43)23-37(42)51)5-12-39(53)47-32-8-6-29(7-9-32)21-33(46-25-40(54)55)26-49-17-15-48(4)16-18-50(20-19-49)27-41(56)57/h6-9,28,30-31,33-38,42,46,51-52H,5,10-27,45H2,1-4H3,(H,47,53)(H,54,55)(H,56,57)/t28?,30-,31+,33?,34+,35?,36?,37+,38-,42?,43-,44+/m0/s1. The summed E-state index contributed by atoms with van der Waals surface area (Å²) in [6.45, 7) is 11.8. The summed E-state index contributed by atoms with van der Waals surface area (Å²) in [5.74, 6) is -0.0205. The van der Waals surface area contributed by atoms with Gasteiger partial charge in [-0.2, -0.15) is 0 Å². The van der Waals surface area contributed by atoms with Gasteiger partial charge >= 0.3 is 11.9 Å². The Balaban J connectivity index is 1.01. The van der Waals surface area contributed by atoms with Gasteiger partial charge in [0.1, 0.15) is 0 Å². The molecule has 1 aliphatic heterocycles. The van der Waals surface area contributed by atoms with Crippen molar-refractivity contribution in [3.8, 4) is 0 Å². The lowest BCUT2D eigenvalue weighted by Crippen LogP contribution is -2.62. The number of aliphatic hydroxyl groups excluding tert-OH is 2. The van der Waals surface area contributed by atoms with Crippen LogP contribution in [0.15, 0.2) is 24.3 Å². The van der Waals surface area contributed by atoms with Crippen LogP contribution < -0.4 is 16.4 Å². The molecule has 6 rings (SSSR count). The Morgan fingerprint density at radius 3 is 2.28 bits per heavy atom. The maximum atomic E-state index is 13.3. The van der Waals surface area contributed by atoms with E-state index >= 15 is 0 Å². The monoisotopic (exact) mass is 797 g/mol. The van der Waals surface area contributed by atoms with Crippen LogP contribution in [0.4, 0.5) is 5.69 Å². The summed E-state index contributed by atoms with van der Waals surface area (Å²) in [5.41, 5.74) is 7.98. The number of rotatable bonds is 14. The van der Waals surface area contributed by atoms with Crippen LogP contribution in [0.2, 0.25) is 0 Å². The summed E-state index contributed by atoms with van der Waals surface area (Å²) in [6.07, 6.45) is 7.65. The average Bonchev–Trinajstić information content (AvgIpc) is 3.55. The van der Waals surface area contributed by atoms with Gasteiger partial charge in [0.2, 0.25) is 5.91 Å². The minimum absolute atomic E-state index is 0.00200. The molecule has 8 N–H and O–H groups in total. The number of likely N-dealkylation sites (N-methyl/N-ethyl adjacent to an activating group) is 1. The second kappa shape index (κ2) is 18.7. The van der Waals surface area contributed by atoms with Gasteiger partial charge in [-0.15, -0.1) is 0 Å². The molecule has 57 heavy (non-hydrogen) atoms. The van der Waals surface area contributed by atoms with Crippen molar-refractivity contribution >= 4 is 23.5 Å². The van der Waals surface area contributed by atoms with E-state index in [9.17, 15) is 34.8 Å². The SMILES string of the molecule is CC(CCC(=O)Nc1ccc(CC(CN2CCN(C)CCN(CC(=O)O)CC2)NCC(=O)O)cc1)[C@H]1CCC2C3C(C[C@H](O)[C@@]21C)[C@@]1(C)CC[C@@H](N)C[C@H]1C[C@H]3O. The summed E-state index contributed by atoms with van der Waals surface area (Å²) < 4.78 is 0. The Morgan fingerprint density at radius 2 is 1.58 bits per heavy atom. The van der Waals surface area contributed by atoms with Crippen LogP contribution in [0.3, 0.4) is 0 Å². The van der Waals surface area contributed by atoms with Crippen molar-refractivity contribution in [1.82, 2.24) is 20.0 Å². The van der Waals surface area contributed by atoms with Crippen LogP contribution in [0.25, 0.3) is 0 Å². The van der Waals surface area contributed by atoms with Gasteiger partial charge in [0.05, 0.1) is 25.3 Å². The number of nitrogens with one attached hydrogen (secondary N) is 2. The van der Waals surface area contributed by atoms with E-state index in [-0.39, 0.29) is 65.8 Å². The van der Waals surface area contributed by atoms with E-state index in [1.54, 1.807) is 0 Å². The molecule has 1 aromatic carbocycles. The number of carboxylic acids is 2. The Labute approximate surface area is 340 Å². The van der Waals surface area contributed by atoms with E-state index in [0.29, 0.717) is 56.8 Å². The molecule has 13 nitrogen and oxygen atoms in total. The molecule has 5 unspecified atom stereocenters. The van der Waals surface area contributed by atoms with Crippen LogP contribution in [0, 0.1) is 46.3 Å². The van der Waals surface area contributed by atoms with Crippen molar-refractivity contribution in [3.63, 3.8) is 0 Å². The molecule has 0 aromatic heterocycles. The van der Waals surface area contributed by atoms with Gasteiger partial charge in [-0.05, 0) is 129 Å². The molecule has 5 fully saturated rings. The molecule has 320 valence electrons. The molecule has 5 aliphatic rings. The highest BCUT2D eigenvalue weighted by molar-refractivity contribution is 5.90. The lowest BCUT2D eigenvalue weighted by Gasteiger charge is -2.63. The molecule has 13 heteroatoms. The zero-order valence-electron chi connectivity index (χ0n) is 35.0. The van der Waals surface area contributed by atoms with E-state index < -0.39 is 18.0 Å². The molecular formula is C44H72N6O7. The van der Waals surface area contributed by atoms with Gasteiger partial charge < -0.3 is 41.7 Å². The number of amides is 1. The fourth-order valence-corrected chi connectivity index (χ4v) is 12.5. The summed E-state index contributed by atoms with van der Waals surface area (Å²) in [5, 5.41) is 48.7. The second-order valence-electron chi connectivity index (χ2n) is 19.3. The Bertz CT molecular complexity index is 1530. The van der Waals surface area contributed by atoms with E-state index in [1.807, 2.05) is 36.2 Å². The summed E-state index contributed by atoms with van der Waals surface area (Å²) in [6, 6.07) is 7.85. The first-order valence-corrected chi connectivity index (χ1v) is 21.9. The van der Waals surface area contributed by atoms with Gasteiger partial charge in [0.15, 0.2) is 0 Å². The second-order valence-corrected chi connectivity index (χ2v) is 19.3. The predicted molar refractivity (Wildman–Crippen MR) is 221 cm³/mol. The number of carbonyl (C=O) groups is 3. The summed E-state index contributed by atoms with van der Waals surface area (Å²) >= 11 is 0. The summed E-state index contributed by atoms with van der Waals surface area (Å²) in [4.78, 5) is 42.6. The first-order valence-electron chi connectivity index (χ1n) is 21.9.